The number of aromatic nitrogens is 1. The Morgan fingerprint density at radius 1 is 0.825 bits per heavy atom. The molecule has 6 aromatic rings. The van der Waals surface area contributed by atoms with E-state index in [2.05, 4.69) is 17.4 Å². The molecule has 0 aliphatic rings. The van der Waals surface area contributed by atoms with Crippen LogP contribution in [0.25, 0.3) is 21.7 Å². The number of amidine groups is 1. The topological polar surface area (TPSA) is 119 Å². The minimum Gasteiger partial charge on any atom is -0.457 e. The number of para-hydroxylation sites is 1. The van der Waals surface area contributed by atoms with Crippen molar-refractivity contribution in [1.29, 1.82) is 5.41 Å². The minimum atomic E-state index is -0.251. The van der Waals surface area contributed by atoms with Crippen LogP contribution in [0.3, 0.4) is 0 Å². The molecule has 0 bridgehead atoms. The van der Waals surface area contributed by atoms with Gasteiger partial charge in [-0.1, -0.05) is 60.7 Å². The van der Waals surface area contributed by atoms with Crippen LogP contribution in [0, 0.1) is 5.41 Å². The average Bonchev–Trinajstić information content (AvgIpc) is 3.33. The van der Waals surface area contributed by atoms with Gasteiger partial charge in [0.25, 0.3) is 5.91 Å². The Bertz CT molecular complexity index is 1880. The van der Waals surface area contributed by atoms with Gasteiger partial charge in [0.2, 0.25) is 0 Å². The molecule has 0 saturated carbocycles. The van der Waals surface area contributed by atoms with Crippen LogP contribution in [0.4, 0.5) is 11.4 Å². The smallest absolute Gasteiger partial charge is 0.272 e. The third kappa shape index (κ3) is 4.83. The number of hydrogen-bond acceptors (Lipinski definition) is 4. The average molecular weight is 526 g/mol. The van der Waals surface area contributed by atoms with Gasteiger partial charge < -0.3 is 26.1 Å². The summed E-state index contributed by atoms with van der Waals surface area (Å²) >= 11 is 0. The van der Waals surface area contributed by atoms with Crippen molar-refractivity contribution in [3.63, 3.8) is 0 Å². The van der Waals surface area contributed by atoms with Crippen molar-refractivity contribution in [3.8, 4) is 11.5 Å². The van der Waals surface area contributed by atoms with Crippen LogP contribution in [0.2, 0.25) is 0 Å². The maximum Gasteiger partial charge on any atom is 0.272 e. The highest BCUT2D eigenvalue weighted by atomic mass is 16.5. The van der Waals surface area contributed by atoms with Gasteiger partial charge in [-0.3, -0.25) is 10.2 Å². The van der Waals surface area contributed by atoms with E-state index in [1.807, 2.05) is 77.4 Å². The molecule has 0 aliphatic heterocycles. The quantitative estimate of drug-likeness (QED) is 0.105. The number of nitrogens with zero attached hydrogens (tertiary/aromatic N) is 1. The van der Waals surface area contributed by atoms with E-state index >= 15 is 0 Å². The molecule has 1 amide bonds. The summed E-state index contributed by atoms with van der Waals surface area (Å²) in [6.07, 6.45) is 0. The highest BCUT2D eigenvalue weighted by molar-refractivity contribution is 6.07. The lowest BCUT2D eigenvalue weighted by atomic mass is 10.0. The number of nitrogens with two attached hydrogens (primary N) is 2. The highest BCUT2D eigenvalue weighted by Crippen LogP contribution is 2.33. The monoisotopic (exact) mass is 525 g/mol. The highest BCUT2D eigenvalue weighted by Gasteiger charge is 2.18. The van der Waals surface area contributed by atoms with Gasteiger partial charge in [-0.05, 0) is 65.5 Å². The van der Waals surface area contributed by atoms with E-state index in [4.69, 9.17) is 21.6 Å². The van der Waals surface area contributed by atoms with Gasteiger partial charge >= 0.3 is 0 Å². The number of amides is 1. The number of fused-ring (bicyclic) bond motifs is 2. The molecule has 1 heterocycles. The maximum absolute atomic E-state index is 13.6. The first kappa shape index (κ1) is 24.8. The third-order valence-corrected chi connectivity index (χ3v) is 6.89. The van der Waals surface area contributed by atoms with E-state index in [1.54, 1.807) is 30.3 Å². The predicted octanol–water partition coefficient (Wildman–Crippen LogP) is 6.75. The second-order valence-corrected chi connectivity index (χ2v) is 9.56. The second kappa shape index (κ2) is 10.3. The van der Waals surface area contributed by atoms with E-state index in [0.717, 1.165) is 38.7 Å². The minimum absolute atomic E-state index is 0.0320. The lowest BCUT2D eigenvalue weighted by Crippen LogP contribution is -2.18. The number of carbonyl (C=O) groups is 1. The Kier molecular flexibility index (Phi) is 6.38. The predicted molar refractivity (Wildman–Crippen MR) is 161 cm³/mol. The molecular formula is C33H27N5O2. The third-order valence-electron chi connectivity index (χ3n) is 6.89. The zero-order valence-electron chi connectivity index (χ0n) is 21.6. The second-order valence-electron chi connectivity index (χ2n) is 9.56. The van der Waals surface area contributed by atoms with E-state index < -0.39 is 0 Å². The summed E-state index contributed by atoms with van der Waals surface area (Å²) < 4.78 is 8.18. The van der Waals surface area contributed by atoms with Gasteiger partial charge in [0.15, 0.2) is 0 Å². The lowest BCUT2D eigenvalue weighted by molar-refractivity contribution is 0.101. The van der Waals surface area contributed by atoms with Crippen LogP contribution in [0.15, 0.2) is 115 Å². The molecule has 0 radical (unpaired) electrons. The Hall–Kier alpha value is -5.56. The molecule has 0 unspecified atom stereocenters. The first-order valence-corrected chi connectivity index (χ1v) is 12.8. The fraction of sp³-hybridized carbons (Fsp3) is 0.0303. The number of benzene rings is 5. The number of anilines is 2. The zero-order valence-corrected chi connectivity index (χ0v) is 21.6. The first-order valence-electron chi connectivity index (χ1n) is 12.8. The van der Waals surface area contributed by atoms with Crippen molar-refractivity contribution < 1.29 is 9.53 Å². The molecule has 0 spiro atoms. The molecule has 0 aliphatic carbocycles. The summed E-state index contributed by atoms with van der Waals surface area (Å²) in [4.78, 5) is 13.6. The number of rotatable bonds is 7. The van der Waals surface area contributed by atoms with Crippen molar-refractivity contribution in [1.82, 2.24) is 4.57 Å². The van der Waals surface area contributed by atoms with Crippen molar-refractivity contribution in [3.05, 3.63) is 132 Å². The Morgan fingerprint density at radius 2 is 1.57 bits per heavy atom. The van der Waals surface area contributed by atoms with Gasteiger partial charge in [-0.15, -0.1) is 0 Å². The molecule has 6 rings (SSSR count). The van der Waals surface area contributed by atoms with Crippen molar-refractivity contribution in [2.24, 2.45) is 5.73 Å². The van der Waals surface area contributed by atoms with Gasteiger partial charge in [0.05, 0.1) is 0 Å². The fourth-order valence-electron chi connectivity index (χ4n) is 4.90. The van der Waals surface area contributed by atoms with Crippen LogP contribution in [0.1, 0.15) is 21.6 Å². The Morgan fingerprint density at radius 3 is 2.35 bits per heavy atom. The van der Waals surface area contributed by atoms with Gasteiger partial charge in [0.1, 0.15) is 23.0 Å². The van der Waals surface area contributed by atoms with Crippen LogP contribution in [0.5, 0.6) is 11.5 Å². The molecule has 7 heteroatoms. The largest absolute Gasteiger partial charge is 0.457 e. The number of nitrogens with one attached hydrogen (secondary N) is 2. The lowest BCUT2D eigenvalue weighted by Gasteiger charge is -2.15. The number of carbonyl (C=O) groups excluding carboxylic acids is 1. The van der Waals surface area contributed by atoms with E-state index in [-0.39, 0.29) is 11.7 Å². The summed E-state index contributed by atoms with van der Waals surface area (Å²) in [7, 11) is 0. The summed E-state index contributed by atoms with van der Waals surface area (Å²) in [6.45, 7) is 0.418. The molecule has 40 heavy (non-hydrogen) atoms. The van der Waals surface area contributed by atoms with Crippen LogP contribution in [-0.2, 0) is 6.54 Å². The van der Waals surface area contributed by atoms with Gasteiger partial charge in [0, 0.05) is 39.8 Å². The molecule has 7 nitrogen and oxygen atoms in total. The maximum atomic E-state index is 13.6. The SMILES string of the molecule is N=C(N)c1ccc2cc(C(=O)Nc3ccc(N)cc3)n(Cc3cccc4c(Oc5ccccc5)cccc34)c2c1. The summed E-state index contributed by atoms with van der Waals surface area (Å²) in [6, 6.07) is 36.2. The van der Waals surface area contributed by atoms with Crippen molar-refractivity contribution in [2.45, 2.75) is 6.54 Å². The molecule has 0 saturated heterocycles. The first-order chi connectivity index (χ1) is 19.5. The standard InChI is InChI=1S/C33H27N5O2/c34-24-14-16-25(17-15-24)37-33(39)30-18-21-12-13-22(32(35)36)19-29(21)38(30)20-23-6-4-10-28-27(23)9-5-11-31(28)40-26-7-2-1-3-8-26/h1-19H,20,34H2,(H3,35,36)(H,37,39). The molecule has 0 fully saturated rings. The van der Waals surface area contributed by atoms with Gasteiger partial charge in [-0.25, -0.2) is 0 Å². The molecule has 196 valence electrons. The molecule has 5 aromatic carbocycles. The Labute approximate surface area is 231 Å². The molecular weight excluding hydrogens is 498 g/mol. The van der Waals surface area contributed by atoms with E-state index in [9.17, 15) is 4.79 Å². The number of ether oxygens (including phenoxy) is 1. The van der Waals surface area contributed by atoms with Crippen LogP contribution < -0.4 is 21.5 Å². The zero-order chi connectivity index (χ0) is 27.6. The summed E-state index contributed by atoms with van der Waals surface area (Å²) in [5.41, 5.74) is 15.8. The fourth-order valence-corrected chi connectivity index (χ4v) is 4.90. The number of nitrogen functional groups attached to an aromatic ring is 2. The van der Waals surface area contributed by atoms with Crippen LogP contribution in [-0.4, -0.2) is 16.3 Å². The van der Waals surface area contributed by atoms with E-state index in [1.165, 1.54) is 0 Å². The van der Waals surface area contributed by atoms with Crippen molar-refractivity contribution >= 4 is 44.8 Å². The molecule has 0 atom stereocenters. The van der Waals surface area contributed by atoms with Gasteiger partial charge in [-0.2, -0.15) is 0 Å². The molecule has 1 aromatic heterocycles. The number of hydrogen-bond donors (Lipinski definition) is 4. The van der Waals surface area contributed by atoms with Crippen molar-refractivity contribution in [2.75, 3.05) is 11.1 Å². The summed E-state index contributed by atoms with van der Waals surface area (Å²) in [5.74, 6) is 1.23. The Balaban J connectivity index is 1.44. The summed E-state index contributed by atoms with van der Waals surface area (Å²) in [5, 5.41) is 13.8. The normalized spacial score (nSPS) is 11.0. The van der Waals surface area contributed by atoms with Crippen LogP contribution >= 0.6 is 0 Å². The molecule has 6 N–H and O–H groups in total. The van der Waals surface area contributed by atoms with E-state index in [0.29, 0.717) is 29.2 Å².